The predicted octanol–water partition coefficient (Wildman–Crippen LogP) is 3.60. The van der Waals surface area contributed by atoms with E-state index in [2.05, 4.69) is 27.4 Å². The van der Waals surface area contributed by atoms with Gasteiger partial charge in [0.25, 0.3) is 0 Å². The molecule has 0 fully saturated rings. The minimum atomic E-state index is 0.429. The van der Waals surface area contributed by atoms with Gasteiger partial charge in [-0.05, 0) is 30.5 Å². The van der Waals surface area contributed by atoms with Crippen molar-refractivity contribution in [3.8, 4) is 0 Å². The molecule has 0 unspecified atom stereocenters. The van der Waals surface area contributed by atoms with Gasteiger partial charge >= 0.3 is 0 Å². The summed E-state index contributed by atoms with van der Waals surface area (Å²) < 4.78 is 0. The molecule has 0 radical (unpaired) electrons. The molecule has 1 aromatic heterocycles. The molecule has 1 heterocycles. The van der Waals surface area contributed by atoms with Crippen molar-refractivity contribution >= 4 is 34.9 Å². The van der Waals surface area contributed by atoms with Gasteiger partial charge in [-0.2, -0.15) is 0 Å². The molecule has 2 rings (SSSR count). The summed E-state index contributed by atoms with van der Waals surface area (Å²) in [5.41, 5.74) is 0.979. The topological polar surface area (TPSA) is 37.8 Å². The van der Waals surface area contributed by atoms with Crippen LogP contribution >= 0.6 is 23.4 Å². The molecular weight excluding hydrogens is 242 g/mol. The van der Waals surface area contributed by atoms with E-state index < -0.39 is 0 Å². The van der Waals surface area contributed by atoms with E-state index in [-0.39, 0.29) is 0 Å². The van der Waals surface area contributed by atoms with E-state index in [4.69, 9.17) is 11.6 Å². The number of halogens is 1. The van der Waals surface area contributed by atoms with Gasteiger partial charge in [-0.3, -0.25) is 0 Å². The number of aromatic nitrogens is 2. The maximum Gasteiger partial charge on any atom is 0.135 e. The minimum Gasteiger partial charge on any atom is -0.340 e. The van der Waals surface area contributed by atoms with Crippen molar-refractivity contribution in [2.45, 2.75) is 4.90 Å². The first-order valence-corrected chi connectivity index (χ1v) is 6.27. The number of hydrogen-bond donors (Lipinski definition) is 1. The maximum absolute atomic E-state index is 5.76. The van der Waals surface area contributed by atoms with E-state index in [1.54, 1.807) is 17.8 Å². The summed E-state index contributed by atoms with van der Waals surface area (Å²) in [6, 6.07) is 9.79. The molecule has 5 heteroatoms. The quantitative estimate of drug-likeness (QED) is 0.668. The molecule has 0 bridgehead atoms. The highest BCUT2D eigenvalue weighted by molar-refractivity contribution is 7.98. The molecule has 1 aromatic carbocycles. The Morgan fingerprint density at radius 1 is 1.19 bits per heavy atom. The lowest BCUT2D eigenvalue weighted by Gasteiger charge is -2.05. The van der Waals surface area contributed by atoms with E-state index in [1.165, 1.54) is 11.2 Å². The van der Waals surface area contributed by atoms with Gasteiger partial charge < -0.3 is 5.32 Å². The summed E-state index contributed by atoms with van der Waals surface area (Å²) >= 11 is 7.48. The third-order valence-corrected chi connectivity index (χ3v) is 2.95. The summed E-state index contributed by atoms with van der Waals surface area (Å²) in [5.74, 6) is 0.692. The Hall–Kier alpha value is -1.26. The minimum absolute atomic E-state index is 0.429. The van der Waals surface area contributed by atoms with Crippen molar-refractivity contribution in [3.05, 3.63) is 41.8 Å². The van der Waals surface area contributed by atoms with Crippen molar-refractivity contribution < 1.29 is 0 Å². The molecule has 0 saturated carbocycles. The average Bonchev–Trinajstić information content (AvgIpc) is 2.30. The first kappa shape index (κ1) is 11.2. The molecule has 0 aliphatic carbocycles. The highest BCUT2D eigenvalue weighted by Crippen LogP contribution is 2.20. The predicted molar refractivity (Wildman–Crippen MR) is 68.5 cm³/mol. The van der Waals surface area contributed by atoms with Gasteiger partial charge in [0.2, 0.25) is 0 Å². The molecule has 3 nitrogen and oxygen atoms in total. The Bertz CT molecular complexity index is 473. The molecule has 1 N–H and O–H groups in total. The SMILES string of the molecule is CSc1ccc(Nc2cc(Cl)ncn2)cc1. The van der Waals surface area contributed by atoms with Crippen LogP contribution in [0.1, 0.15) is 0 Å². The van der Waals surface area contributed by atoms with E-state index >= 15 is 0 Å². The Morgan fingerprint density at radius 3 is 2.56 bits per heavy atom. The van der Waals surface area contributed by atoms with E-state index in [9.17, 15) is 0 Å². The molecular formula is C11H10ClN3S. The summed E-state index contributed by atoms with van der Waals surface area (Å²) in [6.07, 6.45) is 3.48. The summed E-state index contributed by atoms with van der Waals surface area (Å²) in [4.78, 5) is 9.11. The Kier molecular flexibility index (Phi) is 3.64. The number of nitrogens with zero attached hydrogens (tertiary/aromatic N) is 2. The van der Waals surface area contributed by atoms with Gasteiger partial charge in [0.1, 0.15) is 17.3 Å². The zero-order valence-electron chi connectivity index (χ0n) is 8.64. The van der Waals surface area contributed by atoms with Gasteiger partial charge in [0.15, 0.2) is 0 Å². The summed E-state index contributed by atoms with van der Waals surface area (Å²) in [6.45, 7) is 0. The highest BCUT2D eigenvalue weighted by Gasteiger charge is 1.97. The normalized spacial score (nSPS) is 10.1. The van der Waals surface area contributed by atoms with E-state index in [0.717, 1.165) is 5.69 Å². The fourth-order valence-electron chi connectivity index (χ4n) is 1.22. The second-order valence-corrected chi connectivity index (χ2v) is 4.35. The van der Waals surface area contributed by atoms with E-state index in [1.807, 2.05) is 18.4 Å². The van der Waals surface area contributed by atoms with Crippen LogP contribution < -0.4 is 5.32 Å². The van der Waals surface area contributed by atoms with Gasteiger partial charge in [-0.1, -0.05) is 11.6 Å². The van der Waals surface area contributed by atoms with Crippen molar-refractivity contribution in [2.75, 3.05) is 11.6 Å². The molecule has 0 spiro atoms. The summed E-state index contributed by atoms with van der Waals surface area (Å²) in [7, 11) is 0. The van der Waals surface area contributed by atoms with Crippen molar-refractivity contribution in [2.24, 2.45) is 0 Å². The molecule has 0 saturated heterocycles. The first-order chi connectivity index (χ1) is 7.78. The molecule has 82 valence electrons. The Morgan fingerprint density at radius 2 is 1.94 bits per heavy atom. The van der Waals surface area contributed by atoms with Crippen molar-refractivity contribution in [1.29, 1.82) is 0 Å². The van der Waals surface area contributed by atoms with Crippen LogP contribution in [0.3, 0.4) is 0 Å². The third kappa shape index (κ3) is 2.87. The highest BCUT2D eigenvalue weighted by atomic mass is 35.5. The van der Waals surface area contributed by atoms with Gasteiger partial charge in [-0.15, -0.1) is 11.8 Å². The molecule has 0 aliphatic heterocycles. The van der Waals surface area contributed by atoms with Gasteiger partial charge in [-0.25, -0.2) is 9.97 Å². The first-order valence-electron chi connectivity index (χ1n) is 4.66. The lowest BCUT2D eigenvalue weighted by Crippen LogP contribution is -1.93. The van der Waals surface area contributed by atoms with Crippen LogP contribution in [-0.2, 0) is 0 Å². The lowest BCUT2D eigenvalue weighted by atomic mass is 10.3. The Balaban J connectivity index is 2.14. The number of hydrogen-bond acceptors (Lipinski definition) is 4. The second kappa shape index (κ2) is 5.18. The molecule has 2 aromatic rings. The number of anilines is 2. The van der Waals surface area contributed by atoms with Gasteiger partial charge in [0.05, 0.1) is 0 Å². The molecule has 0 amide bonds. The standard InChI is InChI=1S/C11H10ClN3S/c1-16-9-4-2-8(3-5-9)15-11-6-10(12)13-7-14-11/h2-7H,1H3,(H,13,14,15). The number of thioether (sulfide) groups is 1. The number of rotatable bonds is 3. The van der Waals surface area contributed by atoms with Crippen LogP contribution in [0.2, 0.25) is 5.15 Å². The fourth-order valence-corrected chi connectivity index (χ4v) is 1.78. The monoisotopic (exact) mass is 251 g/mol. The third-order valence-electron chi connectivity index (χ3n) is 2.00. The summed E-state index contributed by atoms with van der Waals surface area (Å²) in [5, 5.41) is 3.58. The van der Waals surface area contributed by atoms with Crippen LogP contribution in [0.5, 0.6) is 0 Å². The fraction of sp³-hybridized carbons (Fsp3) is 0.0909. The van der Waals surface area contributed by atoms with Crippen molar-refractivity contribution in [1.82, 2.24) is 9.97 Å². The largest absolute Gasteiger partial charge is 0.340 e. The number of nitrogens with one attached hydrogen (secondary N) is 1. The second-order valence-electron chi connectivity index (χ2n) is 3.08. The Labute approximate surface area is 103 Å². The number of benzene rings is 1. The van der Waals surface area contributed by atoms with Crippen LogP contribution in [0.15, 0.2) is 41.6 Å². The van der Waals surface area contributed by atoms with Crippen LogP contribution in [0.25, 0.3) is 0 Å². The van der Waals surface area contributed by atoms with Crippen LogP contribution in [0.4, 0.5) is 11.5 Å². The van der Waals surface area contributed by atoms with Gasteiger partial charge in [0, 0.05) is 16.6 Å². The molecule has 16 heavy (non-hydrogen) atoms. The molecule has 0 atom stereocenters. The van der Waals surface area contributed by atoms with Crippen molar-refractivity contribution in [3.63, 3.8) is 0 Å². The zero-order chi connectivity index (χ0) is 11.4. The smallest absolute Gasteiger partial charge is 0.135 e. The molecule has 0 aliphatic rings. The van der Waals surface area contributed by atoms with Crippen LogP contribution in [-0.4, -0.2) is 16.2 Å². The maximum atomic E-state index is 5.76. The zero-order valence-corrected chi connectivity index (χ0v) is 10.2. The van der Waals surface area contributed by atoms with Crippen LogP contribution in [0, 0.1) is 0 Å². The lowest BCUT2D eigenvalue weighted by molar-refractivity contribution is 1.17. The average molecular weight is 252 g/mol. The van der Waals surface area contributed by atoms with E-state index in [0.29, 0.717) is 11.0 Å².